The van der Waals surface area contributed by atoms with Gasteiger partial charge in [0.15, 0.2) is 0 Å². The second kappa shape index (κ2) is 4.80. The van der Waals surface area contributed by atoms with Gasteiger partial charge in [-0.05, 0) is 36.2 Å². The van der Waals surface area contributed by atoms with Gasteiger partial charge in [-0.3, -0.25) is 9.59 Å². The van der Waals surface area contributed by atoms with Crippen LogP contribution < -0.4 is 15.2 Å². The van der Waals surface area contributed by atoms with Crippen LogP contribution in [0.1, 0.15) is 16.1 Å². The number of carbonyl (C=O) groups excluding carboxylic acids is 1. The lowest BCUT2D eigenvalue weighted by Crippen LogP contribution is -2.30. The van der Waals surface area contributed by atoms with Gasteiger partial charge in [0.1, 0.15) is 11.4 Å². The highest BCUT2D eigenvalue weighted by atomic mass is 16.5. The number of nitrogens with one attached hydrogen (secondary N) is 1. The number of rotatable bonds is 2. The number of anilines is 1. The zero-order valence-corrected chi connectivity index (χ0v) is 10.9. The normalized spacial score (nSPS) is 13.2. The number of fused-ring (bicyclic) bond motifs is 1. The van der Waals surface area contributed by atoms with Crippen molar-refractivity contribution in [3.63, 3.8) is 0 Å². The van der Waals surface area contributed by atoms with Crippen molar-refractivity contribution in [2.24, 2.45) is 0 Å². The lowest BCUT2D eigenvalue weighted by molar-refractivity contribution is 0.0983. The fourth-order valence-electron chi connectivity index (χ4n) is 2.32. The Morgan fingerprint density at radius 3 is 2.90 bits per heavy atom. The second-order valence-electron chi connectivity index (χ2n) is 4.51. The van der Waals surface area contributed by atoms with Crippen molar-refractivity contribution >= 4 is 11.6 Å². The number of H-pyrrole nitrogens is 1. The first-order chi connectivity index (χ1) is 9.69. The SMILES string of the molecule is COc1ccc2c(c1)CCN2C(=O)c1ccc(=O)[nH]n1. The predicted molar refractivity (Wildman–Crippen MR) is 73.2 cm³/mol. The summed E-state index contributed by atoms with van der Waals surface area (Å²) in [5, 5.41) is 6.05. The molecule has 0 aliphatic carbocycles. The van der Waals surface area contributed by atoms with Crippen LogP contribution in [0.15, 0.2) is 35.1 Å². The van der Waals surface area contributed by atoms with Gasteiger partial charge in [-0.2, -0.15) is 5.10 Å². The fourth-order valence-corrected chi connectivity index (χ4v) is 2.32. The van der Waals surface area contributed by atoms with Crippen LogP contribution in [-0.4, -0.2) is 29.8 Å². The van der Waals surface area contributed by atoms with E-state index in [1.165, 1.54) is 12.1 Å². The molecule has 3 rings (SSSR count). The number of hydrogen-bond acceptors (Lipinski definition) is 4. The topological polar surface area (TPSA) is 75.3 Å². The van der Waals surface area contributed by atoms with E-state index in [1.54, 1.807) is 12.0 Å². The molecule has 0 saturated carbocycles. The zero-order valence-electron chi connectivity index (χ0n) is 10.9. The number of ether oxygens (including phenoxy) is 1. The first-order valence-electron chi connectivity index (χ1n) is 6.23. The first-order valence-corrected chi connectivity index (χ1v) is 6.23. The quantitative estimate of drug-likeness (QED) is 0.883. The highest BCUT2D eigenvalue weighted by Crippen LogP contribution is 2.31. The molecule has 1 amide bonds. The maximum Gasteiger partial charge on any atom is 0.278 e. The third-order valence-corrected chi connectivity index (χ3v) is 3.33. The molecule has 0 radical (unpaired) electrons. The van der Waals surface area contributed by atoms with Crippen LogP contribution in [0.3, 0.4) is 0 Å². The Morgan fingerprint density at radius 1 is 1.35 bits per heavy atom. The number of aromatic amines is 1. The van der Waals surface area contributed by atoms with E-state index in [-0.39, 0.29) is 17.2 Å². The lowest BCUT2D eigenvalue weighted by Gasteiger charge is -2.16. The maximum atomic E-state index is 12.4. The molecule has 0 unspecified atom stereocenters. The summed E-state index contributed by atoms with van der Waals surface area (Å²) in [7, 11) is 1.61. The predicted octanol–water partition coefficient (Wildman–Crippen LogP) is 0.981. The number of methoxy groups -OCH3 is 1. The van der Waals surface area contributed by atoms with Crippen molar-refractivity contribution in [2.45, 2.75) is 6.42 Å². The van der Waals surface area contributed by atoms with Crippen molar-refractivity contribution < 1.29 is 9.53 Å². The number of aromatic nitrogens is 2. The van der Waals surface area contributed by atoms with Crippen LogP contribution in [0, 0.1) is 0 Å². The minimum atomic E-state index is -0.326. The minimum absolute atomic E-state index is 0.217. The molecule has 0 bridgehead atoms. The summed E-state index contributed by atoms with van der Waals surface area (Å²) in [6.45, 7) is 0.599. The molecule has 0 fully saturated rings. The van der Waals surface area contributed by atoms with Crippen molar-refractivity contribution in [1.82, 2.24) is 10.2 Å². The van der Waals surface area contributed by atoms with E-state index in [9.17, 15) is 9.59 Å². The Kier molecular flexibility index (Phi) is 2.98. The minimum Gasteiger partial charge on any atom is -0.497 e. The van der Waals surface area contributed by atoms with Crippen LogP contribution in [0.2, 0.25) is 0 Å². The molecule has 0 saturated heterocycles. The summed E-state index contributed by atoms with van der Waals surface area (Å²) in [6.07, 6.45) is 0.779. The fraction of sp³-hybridized carbons (Fsp3) is 0.214. The summed E-state index contributed by atoms with van der Waals surface area (Å²) >= 11 is 0. The van der Waals surface area contributed by atoms with Gasteiger partial charge < -0.3 is 9.64 Å². The highest BCUT2D eigenvalue weighted by molar-refractivity contribution is 6.05. The summed E-state index contributed by atoms with van der Waals surface area (Å²) < 4.78 is 5.18. The number of carbonyl (C=O) groups is 1. The van der Waals surface area contributed by atoms with Gasteiger partial charge >= 0.3 is 0 Å². The number of benzene rings is 1. The third kappa shape index (κ3) is 2.05. The molecule has 0 spiro atoms. The van der Waals surface area contributed by atoms with Gasteiger partial charge in [-0.25, -0.2) is 5.10 Å². The lowest BCUT2D eigenvalue weighted by atomic mass is 10.1. The molecular weight excluding hydrogens is 258 g/mol. The number of nitrogens with zero attached hydrogens (tertiary/aromatic N) is 2. The third-order valence-electron chi connectivity index (χ3n) is 3.33. The second-order valence-corrected chi connectivity index (χ2v) is 4.51. The number of hydrogen-bond donors (Lipinski definition) is 1. The summed E-state index contributed by atoms with van der Waals surface area (Å²) in [6, 6.07) is 8.35. The van der Waals surface area contributed by atoms with Gasteiger partial charge in [0, 0.05) is 18.3 Å². The first kappa shape index (κ1) is 12.4. The van der Waals surface area contributed by atoms with Crippen molar-refractivity contribution in [3.8, 4) is 5.75 Å². The average molecular weight is 271 g/mol. The molecule has 0 atom stereocenters. The molecule has 6 heteroatoms. The average Bonchev–Trinajstić information content (AvgIpc) is 2.90. The Labute approximate surface area is 115 Å². The standard InChI is InChI=1S/C14H13N3O3/c1-20-10-2-4-12-9(8-10)6-7-17(12)14(19)11-3-5-13(18)16-15-11/h2-5,8H,6-7H2,1H3,(H,16,18). The van der Waals surface area contributed by atoms with E-state index in [4.69, 9.17) is 4.74 Å². The van der Waals surface area contributed by atoms with Crippen molar-refractivity contribution in [1.29, 1.82) is 0 Å². The van der Waals surface area contributed by atoms with Crippen molar-refractivity contribution in [2.75, 3.05) is 18.6 Å². The molecule has 1 aromatic carbocycles. The van der Waals surface area contributed by atoms with Gasteiger partial charge in [-0.1, -0.05) is 0 Å². The largest absolute Gasteiger partial charge is 0.497 e. The van der Waals surface area contributed by atoms with Crippen LogP contribution in [0.4, 0.5) is 5.69 Å². The highest BCUT2D eigenvalue weighted by Gasteiger charge is 2.26. The molecule has 1 aliphatic heterocycles. The van der Waals surface area contributed by atoms with Crippen LogP contribution in [-0.2, 0) is 6.42 Å². The molecule has 1 N–H and O–H groups in total. The van der Waals surface area contributed by atoms with Crippen LogP contribution in [0.25, 0.3) is 0 Å². The van der Waals surface area contributed by atoms with Gasteiger partial charge in [0.2, 0.25) is 0 Å². The van der Waals surface area contributed by atoms with E-state index in [0.29, 0.717) is 6.54 Å². The van der Waals surface area contributed by atoms with E-state index >= 15 is 0 Å². The molecule has 20 heavy (non-hydrogen) atoms. The van der Waals surface area contributed by atoms with Gasteiger partial charge in [0.25, 0.3) is 11.5 Å². The summed E-state index contributed by atoms with van der Waals surface area (Å²) in [5.74, 6) is 0.561. The molecule has 1 aromatic heterocycles. The molecular formula is C14H13N3O3. The van der Waals surface area contributed by atoms with Crippen LogP contribution in [0.5, 0.6) is 5.75 Å². The van der Waals surface area contributed by atoms with E-state index in [1.807, 2.05) is 18.2 Å². The number of amides is 1. The Morgan fingerprint density at radius 2 is 2.20 bits per heavy atom. The molecule has 6 nitrogen and oxygen atoms in total. The van der Waals surface area contributed by atoms with Crippen molar-refractivity contribution in [3.05, 3.63) is 51.9 Å². The Hall–Kier alpha value is -2.63. The molecule has 2 aromatic rings. The monoisotopic (exact) mass is 271 g/mol. The zero-order chi connectivity index (χ0) is 14.1. The van der Waals surface area contributed by atoms with E-state index in [2.05, 4.69) is 10.2 Å². The van der Waals surface area contributed by atoms with E-state index in [0.717, 1.165) is 23.4 Å². The summed E-state index contributed by atoms with van der Waals surface area (Å²) in [5.41, 5.74) is 1.84. The van der Waals surface area contributed by atoms with E-state index < -0.39 is 0 Å². The van der Waals surface area contributed by atoms with Gasteiger partial charge in [0.05, 0.1) is 7.11 Å². The van der Waals surface area contributed by atoms with Gasteiger partial charge in [-0.15, -0.1) is 0 Å². The Balaban J connectivity index is 1.92. The maximum absolute atomic E-state index is 12.4. The molecule has 102 valence electrons. The molecule has 2 heterocycles. The smallest absolute Gasteiger partial charge is 0.278 e. The molecule has 1 aliphatic rings. The van der Waals surface area contributed by atoms with Crippen LogP contribution >= 0.6 is 0 Å². The summed E-state index contributed by atoms with van der Waals surface area (Å²) in [4.78, 5) is 25.0. The Bertz CT molecular complexity index is 703.